The molecule has 1 rings (SSSR count). The van der Waals surface area contributed by atoms with Gasteiger partial charge in [-0.2, -0.15) is 0 Å². The minimum absolute atomic E-state index is 0.357. The number of hydrogen-bond donors (Lipinski definition) is 3. The average molecular weight is 167 g/mol. The summed E-state index contributed by atoms with van der Waals surface area (Å²) in [5.41, 5.74) is 2.41. The lowest BCUT2D eigenvalue weighted by Gasteiger charge is -2.07. The fourth-order valence-electron chi connectivity index (χ4n) is 0.782. The molecule has 1 aromatic rings. The maximum Gasteiger partial charge on any atom is 0.162 e. The van der Waals surface area contributed by atoms with Crippen molar-refractivity contribution >= 4 is 11.6 Å². The molecule has 0 aliphatic rings. The smallest absolute Gasteiger partial charge is 0.162 e. The van der Waals surface area contributed by atoms with Gasteiger partial charge in [0, 0.05) is 6.04 Å². The molecule has 0 atom stereocenters. The molecule has 1 aromatic heterocycles. The lowest BCUT2D eigenvalue weighted by atomic mass is 10.4. The SMILES string of the molecule is CC(C)Nc1ccc(NN)nn1. The molecular formula is C7H13N5. The topological polar surface area (TPSA) is 75.9 Å². The van der Waals surface area contributed by atoms with Gasteiger partial charge in [-0.15, -0.1) is 10.2 Å². The molecule has 1 heterocycles. The number of nitrogen functional groups attached to an aromatic ring is 1. The molecule has 0 spiro atoms. The standard InChI is InChI=1S/C7H13N5/c1-5(2)9-6-3-4-7(10-8)12-11-6/h3-5H,8H2,1-2H3,(H,9,11)(H,10,12). The molecule has 5 nitrogen and oxygen atoms in total. The Kier molecular flexibility index (Phi) is 2.82. The minimum atomic E-state index is 0.357. The number of nitrogens with two attached hydrogens (primary N) is 1. The van der Waals surface area contributed by atoms with Crippen LogP contribution in [0.3, 0.4) is 0 Å². The van der Waals surface area contributed by atoms with Crippen LogP contribution in [0.25, 0.3) is 0 Å². The molecule has 0 fully saturated rings. The van der Waals surface area contributed by atoms with Gasteiger partial charge in [-0.1, -0.05) is 0 Å². The molecule has 0 radical (unpaired) electrons. The molecule has 0 saturated carbocycles. The zero-order chi connectivity index (χ0) is 8.97. The number of aromatic nitrogens is 2. The van der Waals surface area contributed by atoms with Crippen molar-refractivity contribution in [2.75, 3.05) is 10.7 Å². The summed E-state index contributed by atoms with van der Waals surface area (Å²) in [6.07, 6.45) is 0. The van der Waals surface area contributed by atoms with E-state index in [1.54, 1.807) is 6.07 Å². The summed E-state index contributed by atoms with van der Waals surface area (Å²) in [5, 5.41) is 10.8. The van der Waals surface area contributed by atoms with E-state index in [4.69, 9.17) is 5.84 Å². The first kappa shape index (κ1) is 8.73. The second-order valence-corrected chi connectivity index (χ2v) is 2.75. The Labute approximate surface area is 71.3 Å². The van der Waals surface area contributed by atoms with Crippen molar-refractivity contribution in [2.24, 2.45) is 5.84 Å². The van der Waals surface area contributed by atoms with Gasteiger partial charge in [-0.3, -0.25) is 0 Å². The number of hydrogen-bond acceptors (Lipinski definition) is 5. The molecule has 0 aliphatic carbocycles. The van der Waals surface area contributed by atoms with Crippen molar-refractivity contribution in [1.29, 1.82) is 0 Å². The third-order valence-corrected chi connectivity index (χ3v) is 1.25. The van der Waals surface area contributed by atoms with Gasteiger partial charge in [0.2, 0.25) is 0 Å². The normalized spacial score (nSPS) is 10.0. The highest BCUT2D eigenvalue weighted by atomic mass is 15.3. The number of nitrogens with zero attached hydrogens (tertiary/aromatic N) is 2. The summed E-state index contributed by atoms with van der Waals surface area (Å²) in [7, 11) is 0. The van der Waals surface area contributed by atoms with Crippen molar-refractivity contribution in [3.05, 3.63) is 12.1 Å². The van der Waals surface area contributed by atoms with E-state index in [0.717, 1.165) is 5.82 Å². The highest BCUT2D eigenvalue weighted by Crippen LogP contribution is 2.05. The Morgan fingerprint density at radius 3 is 2.25 bits per heavy atom. The Morgan fingerprint density at radius 2 is 1.83 bits per heavy atom. The van der Waals surface area contributed by atoms with E-state index in [1.807, 2.05) is 19.9 Å². The Balaban J connectivity index is 2.65. The van der Waals surface area contributed by atoms with Crippen molar-refractivity contribution in [3.8, 4) is 0 Å². The average Bonchev–Trinajstić information content (AvgIpc) is 2.05. The zero-order valence-corrected chi connectivity index (χ0v) is 7.20. The van der Waals surface area contributed by atoms with Gasteiger partial charge in [0.05, 0.1) is 0 Å². The number of hydrazine groups is 1. The van der Waals surface area contributed by atoms with Crippen LogP contribution in [0.2, 0.25) is 0 Å². The third kappa shape index (κ3) is 2.35. The van der Waals surface area contributed by atoms with Crippen molar-refractivity contribution in [1.82, 2.24) is 10.2 Å². The molecule has 0 aromatic carbocycles. The predicted octanol–water partition coefficient (Wildman–Crippen LogP) is 0.582. The van der Waals surface area contributed by atoms with Crippen LogP contribution in [-0.4, -0.2) is 16.2 Å². The molecule has 0 amide bonds. The van der Waals surface area contributed by atoms with E-state index in [0.29, 0.717) is 11.9 Å². The number of rotatable bonds is 3. The first-order valence-corrected chi connectivity index (χ1v) is 3.79. The van der Waals surface area contributed by atoms with Crippen LogP contribution in [0.5, 0.6) is 0 Å². The summed E-state index contributed by atoms with van der Waals surface area (Å²) in [6, 6.07) is 3.94. The molecule has 0 unspecified atom stereocenters. The number of anilines is 2. The lowest BCUT2D eigenvalue weighted by molar-refractivity contribution is 0.873. The molecule has 0 saturated heterocycles. The Morgan fingerprint density at radius 1 is 1.25 bits per heavy atom. The number of nitrogens with one attached hydrogen (secondary N) is 2. The van der Waals surface area contributed by atoms with Crippen LogP contribution in [0.4, 0.5) is 11.6 Å². The van der Waals surface area contributed by atoms with Gasteiger partial charge >= 0.3 is 0 Å². The summed E-state index contributed by atoms with van der Waals surface area (Å²) in [6.45, 7) is 4.08. The summed E-state index contributed by atoms with van der Waals surface area (Å²) in [4.78, 5) is 0. The van der Waals surface area contributed by atoms with Gasteiger partial charge in [0.1, 0.15) is 5.82 Å². The van der Waals surface area contributed by atoms with Crippen LogP contribution in [0.1, 0.15) is 13.8 Å². The van der Waals surface area contributed by atoms with Crippen molar-refractivity contribution in [3.63, 3.8) is 0 Å². The fourth-order valence-corrected chi connectivity index (χ4v) is 0.782. The van der Waals surface area contributed by atoms with E-state index >= 15 is 0 Å². The largest absolute Gasteiger partial charge is 0.366 e. The van der Waals surface area contributed by atoms with Crippen LogP contribution in [0.15, 0.2) is 12.1 Å². The predicted molar refractivity (Wildman–Crippen MR) is 48.6 cm³/mol. The van der Waals surface area contributed by atoms with Crippen molar-refractivity contribution in [2.45, 2.75) is 19.9 Å². The molecule has 12 heavy (non-hydrogen) atoms. The highest BCUT2D eigenvalue weighted by molar-refractivity contribution is 5.40. The second-order valence-electron chi connectivity index (χ2n) is 2.75. The molecule has 0 bridgehead atoms. The van der Waals surface area contributed by atoms with Gasteiger partial charge in [0.25, 0.3) is 0 Å². The maximum absolute atomic E-state index is 5.13. The van der Waals surface area contributed by atoms with E-state index in [-0.39, 0.29) is 0 Å². The third-order valence-electron chi connectivity index (χ3n) is 1.25. The lowest BCUT2D eigenvalue weighted by Crippen LogP contribution is -2.13. The van der Waals surface area contributed by atoms with Gasteiger partial charge in [-0.25, -0.2) is 5.84 Å². The summed E-state index contributed by atoms with van der Waals surface area (Å²) in [5.74, 6) is 6.44. The zero-order valence-electron chi connectivity index (χ0n) is 7.20. The van der Waals surface area contributed by atoms with Crippen LogP contribution >= 0.6 is 0 Å². The summed E-state index contributed by atoms with van der Waals surface area (Å²) >= 11 is 0. The second kappa shape index (κ2) is 3.87. The van der Waals surface area contributed by atoms with E-state index in [1.165, 1.54) is 0 Å². The molecular weight excluding hydrogens is 154 g/mol. The highest BCUT2D eigenvalue weighted by Gasteiger charge is 1.96. The van der Waals surface area contributed by atoms with E-state index in [9.17, 15) is 0 Å². The monoisotopic (exact) mass is 167 g/mol. The first-order chi connectivity index (χ1) is 5.72. The molecule has 0 aliphatic heterocycles. The van der Waals surface area contributed by atoms with Crippen LogP contribution in [0, 0.1) is 0 Å². The maximum atomic E-state index is 5.13. The Bertz CT molecular complexity index is 230. The Hall–Kier alpha value is -1.36. The van der Waals surface area contributed by atoms with E-state index in [2.05, 4.69) is 20.9 Å². The van der Waals surface area contributed by atoms with Crippen LogP contribution in [-0.2, 0) is 0 Å². The van der Waals surface area contributed by atoms with Crippen molar-refractivity contribution < 1.29 is 0 Å². The molecule has 66 valence electrons. The fraction of sp³-hybridized carbons (Fsp3) is 0.429. The van der Waals surface area contributed by atoms with Gasteiger partial charge in [0.15, 0.2) is 5.82 Å². The molecule has 4 N–H and O–H groups in total. The van der Waals surface area contributed by atoms with Gasteiger partial charge < -0.3 is 10.7 Å². The van der Waals surface area contributed by atoms with E-state index < -0.39 is 0 Å². The van der Waals surface area contributed by atoms with Gasteiger partial charge in [-0.05, 0) is 26.0 Å². The minimum Gasteiger partial charge on any atom is -0.366 e. The summed E-state index contributed by atoms with van der Waals surface area (Å²) < 4.78 is 0. The molecule has 5 heteroatoms. The van der Waals surface area contributed by atoms with Crippen LogP contribution < -0.4 is 16.6 Å². The first-order valence-electron chi connectivity index (χ1n) is 3.79. The quantitative estimate of drug-likeness (QED) is 0.453.